The molecule has 1 rings (SSSR count). The highest BCUT2D eigenvalue weighted by atomic mass is 79.9. The Morgan fingerprint density at radius 1 is 1.50 bits per heavy atom. The number of amides is 1. The summed E-state index contributed by atoms with van der Waals surface area (Å²) in [7, 11) is 0. The van der Waals surface area contributed by atoms with Crippen molar-refractivity contribution >= 4 is 50.7 Å². The predicted molar refractivity (Wildman–Crippen MR) is 70.1 cm³/mol. The number of carbonyl (C=O) groups excluding carboxylic acids is 1. The summed E-state index contributed by atoms with van der Waals surface area (Å²) < 4.78 is 0.771. The second kappa shape index (κ2) is 7.09. The summed E-state index contributed by atoms with van der Waals surface area (Å²) in [5.74, 6) is 0.499. The van der Waals surface area contributed by atoms with Gasteiger partial charge in [-0.15, -0.1) is 11.6 Å². The first-order valence-electron chi connectivity index (χ1n) is 4.80. The molecular weight excluding hydrogens is 315 g/mol. The monoisotopic (exact) mass is 324 g/mol. The smallest absolute Gasteiger partial charge is 0.224 e. The lowest BCUT2D eigenvalue weighted by molar-refractivity contribution is -0.116. The third-order valence-corrected chi connectivity index (χ3v) is 2.87. The number of anilines is 1. The molecule has 0 aliphatic rings. The summed E-state index contributed by atoms with van der Waals surface area (Å²) >= 11 is 14.6. The summed E-state index contributed by atoms with van der Waals surface area (Å²) in [6, 6.07) is 1.72. The number of nitrogens with one attached hydrogen (secondary N) is 1. The number of carbonyl (C=O) groups is 1. The third-order valence-electron chi connectivity index (χ3n) is 1.87. The fourth-order valence-electron chi connectivity index (χ4n) is 1.10. The number of nitrogens with zero attached hydrogens (tertiary/aromatic N) is 1. The molecule has 3 nitrogen and oxygen atoms in total. The average Bonchev–Trinajstić information content (AvgIpc) is 2.24. The van der Waals surface area contributed by atoms with E-state index < -0.39 is 0 Å². The van der Waals surface area contributed by atoms with Crippen LogP contribution in [0.25, 0.3) is 0 Å². The van der Waals surface area contributed by atoms with Crippen molar-refractivity contribution < 1.29 is 4.79 Å². The number of halogens is 3. The molecule has 0 aromatic carbocycles. The van der Waals surface area contributed by atoms with E-state index in [-0.39, 0.29) is 11.1 Å². The molecule has 0 aliphatic heterocycles. The van der Waals surface area contributed by atoms with E-state index in [1.165, 1.54) is 0 Å². The van der Waals surface area contributed by atoms with Gasteiger partial charge in [-0.2, -0.15) is 0 Å². The lowest BCUT2D eigenvalue weighted by Gasteiger charge is -2.06. The predicted octanol–water partition coefficient (Wildman–Crippen LogP) is 3.85. The van der Waals surface area contributed by atoms with Gasteiger partial charge in [0.05, 0.1) is 5.69 Å². The number of alkyl halides is 1. The van der Waals surface area contributed by atoms with Crippen LogP contribution < -0.4 is 5.32 Å². The SMILES string of the molecule is O=C(CCCCCl)Nc1cc(Br)cnc1Cl. The topological polar surface area (TPSA) is 42.0 Å². The zero-order valence-corrected chi connectivity index (χ0v) is 11.6. The Balaban J connectivity index is 2.52. The van der Waals surface area contributed by atoms with Gasteiger partial charge >= 0.3 is 0 Å². The zero-order chi connectivity index (χ0) is 12.0. The number of hydrogen-bond acceptors (Lipinski definition) is 2. The zero-order valence-electron chi connectivity index (χ0n) is 8.47. The van der Waals surface area contributed by atoms with E-state index in [0.29, 0.717) is 18.0 Å². The van der Waals surface area contributed by atoms with Crippen LogP contribution in [0.4, 0.5) is 5.69 Å². The third kappa shape index (κ3) is 4.68. The summed E-state index contributed by atoms with van der Waals surface area (Å²) in [6.45, 7) is 0. The second-order valence-corrected chi connectivity index (χ2v) is 4.84. The van der Waals surface area contributed by atoms with Crippen molar-refractivity contribution in [2.75, 3.05) is 11.2 Å². The molecule has 0 saturated carbocycles. The summed E-state index contributed by atoms with van der Waals surface area (Å²) in [5, 5.41) is 2.99. The molecule has 1 amide bonds. The largest absolute Gasteiger partial charge is 0.323 e. The molecule has 6 heteroatoms. The lowest BCUT2D eigenvalue weighted by Crippen LogP contribution is -2.11. The molecule has 1 aromatic rings. The summed E-state index contributed by atoms with van der Waals surface area (Å²) in [4.78, 5) is 15.4. The molecule has 0 bridgehead atoms. The molecule has 1 heterocycles. The number of rotatable bonds is 5. The van der Waals surface area contributed by atoms with Gasteiger partial charge in [-0.25, -0.2) is 4.98 Å². The van der Waals surface area contributed by atoms with Crippen molar-refractivity contribution in [3.63, 3.8) is 0 Å². The van der Waals surface area contributed by atoms with Crippen molar-refractivity contribution in [1.29, 1.82) is 0 Å². The highest BCUT2D eigenvalue weighted by molar-refractivity contribution is 9.10. The van der Waals surface area contributed by atoms with E-state index in [1.807, 2.05) is 0 Å². The normalized spacial score (nSPS) is 10.2. The summed E-state index contributed by atoms with van der Waals surface area (Å²) in [5.41, 5.74) is 0.520. The maximum atomic E-state index is 11.5. The van der Waals surface area contributed by atoms with E-state index in [4.69, 9.17) is 23.2 Å². The van der Waals surface area contributed by atoms with Crippen LogP contribution >= 0.6 is 39.1 Å². The minimum Gasteiger partial charge on any atom is -0.323 e. The van der Waals surface area contributed by atoms with Gasteiger partial charge in [-0.05, 0) is 34.8 Å². The molecule has 0 saturated heterocycles. The van der Waals surface area contributed by atoms with E-state index in [1.54, 1.807) is 12.3 Å². The van der Waals surface area contributed by atoms with E-state index in [9.17, 15) is 4.79 Å². The molecule has 0 fully saturated rings. The Kier molecular flexibility index (Phi) is 6.09. The van der Waals surface area contributed by atoms with Crippen LogP contribution in [-0.4, -0.2) is 16.8 Å². The highest BCUT2D eigenvalue weighted by Crippen LogP contribution is 2.23. The van der Waals surface area contributed by atoms with Gasteiger partial charge in [0.25, 0.3) is 0 Å². The Morgan fingerprint density at radius 3 is 2.94 bits per heavy atom. The lowest BCUT2D eigenvalue weighted by atomic mass is 10.2. The van der Waals surface area contributed by atoms with Crippen LogP contribution in [0.2, 0.25) is 5.15 Å². The van der Waals surface area contributed by atoms with Gasteiger partial charge in [0.15, 0.2) is 5.15 Å². The second-order valence-electron chi connectivity index (χ2n) is 3.19. The summed E-state index contributed by atoms with van der Waals surface area (Å²) in [6.07, 6.45) is 3.62. The van der Waals surface area contributed by atoms with Gasteiger partial charge in [-0.3, -0.25) is 4.79 Å². The van der Waals surface area contributed by atoms with Crippen LogP contribution in [0, 0.1) is 0 Å². The molecule has 16 heavy (non-hydrogen) atoms. The van der Waals surface area contributed by atoms with Crippen molar-refractivity contribution in [2.24, 2.45) is 0 Å². The first-order valence-corrected chi connectivity index (χ1v) is 6.51. The minimum absolute atomic E-state index is 0.0769. The molecule has 88 valence electrons. The Hall–Kier alpha value is -0.320. The van der Waals surface area contributed by atoms with Crippen molar-refractivity contribution in [1.82, 2.24) is 4.98 Å². The first kappa shape index (κ1) is 13.7. The average molecular weight is 326 g/mol. The van der Waals surface area contributed by atoms with Crippen molar-refractivity contribution in [3.8, 4) is 0 Å². The van der Waals surface area contributed by atoms with Gasteiger partial charge in [0.1, 0.15) is 0 Å². The maximum absolute atomic E-state index is 11.5. The van der Waals surface area contributed by atoms with E-state index >= 15 is 0 Å². The molecular formula is C10H11BrCl2N2O. The van der Waals surface area contributed by atoms with Gasteiger partial charge in [0.2, 0.25) is 5.91 Å². The molecule has 1 N–H and O–H groups in total. The van der Waals surface area contributed by atoms with Crippen molar-refractivity contribution in [2.45, 2.75) is 19.3 Å². The Bertz CT molecular complexity index is 374. The minimum atomic E-state index is -0.0769. The standard InChI is InChI=1S/C10H11BrCl2N2O/c11-7-5-8(10(13)14-6-7)15-9(16)3-1-2-4-12/h5-6H,1-4H2,(H,15,16). The van der Waals surface area contributed by atoms with E-state index in [0.717, 1.165) is 17.3 Å². The molecule has 0 radical (unpaired) electrons. The Morgan fingerprint density at radius 2 is 2.25 bits per heavy atom. The highest BCUT2D eigenvalue weighted by Gasteiger charge is 2.06. The van der Waals surface area contributed by atoms with Crippen LogP contribution in [0.5, 0.6) is 0 Å². The quantitative estimate of drug-likeness (QED) is 0.507. The molecule has 0 atom stereocenters. The van der Waals surface area contributed by atoms with E-state index in [2.05, 4.69) is 26.2 Å². The van der Waals surface area contributed by atoms with Crippen molar-refractivity contribution in [3.05, 3.63) is 21.9 Å². The van der Waals surface area contributed by atoms with Crippen LogP contribution in [0.1, 0.15) is 19.3 Å². The molecule has 0 aliphatic carbocycles. The first-order chi connectivity index (χ1) is 7.63. The van der Waals surface area contributed by atoms with Crippen LogP contribution in [-0.2, 0) is 4.79 Å². The fraction of sp³-hybridized carbons (Fsp3) is 0.400. The number of pyridine rings is 1. The van der Waals surface area contributed by atoms with Crippen LogP contribution in [0.15, 0.2) is 16.7 Å². The number of aromatic nitrogens is 1. The maximum Gasteiger partial charge on any atom is 0.224 e. The Labute approximate surface area is 113 Å². The van der Waals surface area contributed by atoms with Gasteiger partial charge in [-0.1, -0.05) is 11.6 Å². The fourth-order valence-corrected chi connectivity index (χ4v) is 1.77. The number of hydrogen-bond donors (Lipinski definition) is 1. The molecule has 1 aromatic heterocycles. The van der Waals surface area contributed by atoms with Gasteiger partial charge < -0.3 is 5.32 Å². The molecule has 0 spiro atoms. The molecule has 0 unspecified atom stereocenters. The number of unbranched alkanes of at least 4 members (excludes halogenated alkanes) is 1. The van der Waals surface area contributed by atoms with Crippen LogP contribution in [0.3, 0.4) is 0 Å². The van der Waals surface area contributed by atoms with Gasteiger partial charge in [0, 0.05) is 23.0 Å².